The third-order valence-electron chi connectivity index (χ3n) is 2.35. The number of allylic oxidation sites excluding steroid dienone is 1. The monoisotopic (exact) mass is 278 g/mol. The predicted molar refractivity (Wildman–Crippen MR) is 75.7 cm³/mol. The fourth-order valence-corrected chi connectivity index (χ4v) is 2.41. The number of hydrogen-bond acceptors (Lipinski definition) is 3. The Hall–Kier alpha value is -1.58. The van der Waals surface area contributed by atoms with Gasteiger partial charge in [0.2, 0.25) is 0 Å². The van der Waals surface area contributed by atoms with Gasteiger partial charge in [-0.05, 0) is 36.4 Å². The topological polar surface area (TPSA) is 26.3 Å². The second-order valence-electron chi connectivity index (χ2n) is 3.57. The zero-order valence-electron chi connectivity index (χ0n) is 9.72. The smallest absolute Gasteiger partial charge is 0.186 e. The average Bonchev–Trinajstić information content (AvgIpc) is 2.82. The molecule has 0 aliphatic carbocycles. The number of hydrogen-bond donors (Lipinski definition) is 0. The molecule has 0 aliphatic heterocycles. The molecule has 0 spiro atoms. The summed E-state index contributed by atoms with van der Waals surface area (Å²) in [4.78, 5) is 12.9. The van der Waals surface area contributed by atoms with Gasteiger partial charge in [0.1, 0.15) is 5.75 Å². The molecule has 0 fully saturated rings. The van der Waals surface area contributed by atoms with Gasteiger partial charge in [-0.25, -0.2) is 0 Å². The molecule has 0 aliphatic rings. The quantitative estimate of drug-likeness (QED) is 0.615. The van der Waals surface area contributed by atoms with Crippen molar-refractivity contribution in [2.24, 2.45) is 0 Å². The first-order valence-electron chi connectivity index (χ1n) is 5.31. The van der Waals surface area contributed by atoms with E-state index in [4.69, 9.17) is 16.3 Å². The highest BCUT2D eigenvalue weighted by molar-refractivity contribution is 7.17. The lowest BCUT2D eigenvalue weighted by Gasteiger charge is -2.00. The SMILES string of the molecule is COc1cccc(C(=O)C=Cc2ccc(Cl)s2)c1. The summed E-state index contributed by atoms with van der Waals surface area (Å²) in [5, 5.41) is 0. The van der Waals surface area contributed by atoms with E-state index >= 15 is 0 Å². The molecule has 18 heavy (non-hydrogen) atoms. The molecule has 0 atom stereocenters. The van der Waals surface area contributed by atoms with Crippen LogP contribution in [-0.4, -0.2) is 12.9 Å². The zero-order chi connectivity index (χ0) is 13.0. The van der Waals surface area contributed by atoms with Crippen molar-refractivity contribution in [1.29, 1.82) is 0 Å². The molecule has 1 aromatic carbocycles. The van der Waals surface area contributed by atoms with Crippen LogP contribution in [0.1, 0.15) is 15.2 Å². The highest BCUT2D eigenvalue weighted by Crippen LogP contribution is 2.22. The third kappa shape index (κ3) is 3.22. The molecule has 2 nitrogen and oxygen atoms in total. The van der Waals surface area contributed by atoms with Crippen LogP contribution in [0.2, 0.25) is 4.34 Å². The van der Waals surface area contributed by atoms with Crippen LogP contribution in [0, 0.1) is 0 Å². The average molecular weight is 279 g/mol. The molecule has 1 aromatic heterocycles. The number of carbonyl (C=O) groups excluding carboxylic acids is 1. The lowest BCUT2D eigenvalue weighted by Crippen LogP contribution is -1.94. The van der Waals surface area contributed by atoms with Crippen LogP contribution in [0.5, 0.6) is 5.75 Å². The first kappa shape index (κ1) is 12.9. The Kier molecular flexibility index (Phi) is 4.18. The first-order chi connectivity index (χ1) is 8.69. The van der Waals surface area contributed by atoms with E-state index in [1.807, 2.05) is 12.1 Å². The number of carbonyl (C=O) groups is 1. The zero-order valence-corrected chi connectivity index (χ0v) is 11.3. The summed E-state index contributed by atoms with van der Waals surface area (Å²) in [5.74, 6) is 0.617. The van der Waals surface area contributed by atoms with Crippen molar-refractivity contribution < 1.29 is 9.53 Å². The highest BCUT2D eigenvalue weighted by Gasteiger charge is 2.03. The summed E-state index contributed by atoms with van der Waals surface area (Å²) in [7, 11) is 1.58. The molecule has 0 amide bonds. The Bertz CT molecular complexity index is 587. The number of thiophene rings is 1. The molecule has 0 bridgehead atoms. The van der Waals surface area contributed by atoms with Crippen molar-refractivity contribution in [2.45, 2.75) is 0 Å². The molecule has 0 unspecified atom stereocenters. The van der Waals surface area contributed by atoms with E-state index in [0.717, 1.165) is 4.88 Å². The van der Waals surface area contributed by atoms with Gasteiger partial charge in [0, 0.05) is 10.4 Å². The van der Waals surface area contributed by atoms with Crippen molar-refractivity contribution in [3.8, 4) is 5.75 Å². The number of rotatable bonds is 4. The van der Waals surface area contributed by atoms with E-state index in [1.165, 1.54) is 17.4 Å². The minimum Gasteiger partial charge on any atom is -0.497 e. The van der Waals surface area contributed by atoms with Gasteiger partial charge in [-0.15, -0.1) is 11.3 Å². The molecular formula is C14H11ClO2S. The van der Waals surface area contributed by atoms with E-state index in [1.54, 1.807) is 37.5 Å². The Morgan fingerprint density at radius 1 is 1.33 bits per heavy atom. The van der Waals surface area contributed by atoms with Gasteiger partial charge in [0.05, 0.1) is 11.4 Å². The third-order valence-corrected chi connectivity index (χ3v) is 3.54. The van der Waals surface area contributed by atoms with Gasteiger partial charge in [-0.3, -0.25) is 4.79 Å². The van der Waals surface area contributed by atoms with Crippen molar-refractivity contribution in [1.82, 2.24) is 0 Å². The van der Waals surface area contributed by atoms with E-state index < -0.39 is 0 Å². The van der Waals surface area contributed by atoms with Gasteiger partial charge in [-0.1, -0.05) is 23.7 Å². The Morgan fingerprint density at radius 2 is 2.17 bits per heavy atom. The summed E-state index contributed by atoms with van der Waals surface area (Å²) in [5.41, 5.74) is 0.605. The molecule has 0 saturated heterocycles. The summed E-state index contributed by atoms with van der Waals surface area (Å²) >= 11 is 7.25. The van der Waals surface area contributed by atoms with Crippen molar-refractivity contribution in [3.63, 3.8) is 0 Å². The van der Waals surface area contributed by atoms with Gasteiger partial charge in [-0.2, -0.15) is 0 Å². The van der Waals surface area contributed by atoms with Gasteiger partial charge < -0.3 is 4.74 Å². The highest BCUT2D eigenvalue weighted by atomic mass is 35.5. The Balaban J connectivity index is 2.14. The number of halogens is 1. The van der Waals surface area contributed by atoms with Crippen LogP contribution in [0.3, 0.4) is 0 Å². The van der Waals surface area contributed by atoms with Gasteiger partial charge in [0.25, 0.3) is 0 Å². The number of ether oxygens (including phenoxy) is 1. The maximum Gasteiger partial charge on any atom is 0.186 e. The standard InChI is InChI=1S/C14H11ClO2S/c1-17-11-4-2-3-10(9-11)13(16)7-5-12-6-8-14(15)18-12/h2-9H,1H3. The van der Waals surface area contributed by atoms with Crippen LogP contribution in [0.25, 0.3) is 6.08 Å². The molecule has 0 radical (unpaired) electrons. The Morgan fingerprint density at radius 3 is 2.83 bits per heavy atom. The van der Waals surface area contributed by atoms with Crippen LogP contribution in [0.15, 0.2) is 42.5 Å². The number of benzene rings is 1. The molecule has 4 heteroatoms. The van der Waals surface area contributed by atoms with E-state index in [2.05, 4.69) is 0 Å². The van der Waals surface area contributed by atoms with E-state index in [9.17, 15) is 4.79 Å². The minimum atomic E-state index is -0.0570. The summed E-state index contributed by atoms with van der Waals surface area (Å²) < 4.78 is 5.79. The van der Waals surface area contributed by atoms with Crippen LogP contribution < -0.4 is 4.74 Å². The fourth-order valence-electron chi connectivity index (χ4n) is 1.45. The summed E-state index contributed by atoms with van der Waals surface area (Å²) in [6, 6.07) is 10.8. The maximum absolute atomic E-state index is 11.9. The summed E-state index contributed by atoms with van der Waals surface area (Å²) in [6.07, 6.45) is 3.30. The fraction of sp³-hybridized carbons (Fsp3) is 0.0714. The molecule has 0 N–H and O–H groups in total. The first-order valence-corrected chi connectivity index (χ1v) is 6.50. The van der Waals surface area contributed by atoms with Crippen molar-refractivity contribution in [2.75, 3.05) is 7.11 Å². The predicted octanol–water partition coefficient (Wildman–Crippen LogP) is 4.31. The van der Waals surface area contributed by atoms with Crippen molar-refractivity contribution in [3.05, 3.63) is 57.3 Å². The lowest BCUT2D eigenvalue weighted by molar-refractivity contribution is 0.104. The Labute approximate surface area is 114 Å². The van der Waals surface area contributed by atoms with Crippen LogP contribution >= 0.6 is 22.9 Å². The van der Waals surface area contributed by atoms with Crippen molar-refractivity contribution >= 4 is 34.8 Å². The van der Waals surface area contributed by atoms with Crippen LogP contribution in [-0.2, 0) is 0 Å². The van der Waals surface area contributed by atoms with Gasteiger partial charge >= 0.3 is 0 Å². The maximum atomic E-state index is 11.9. The lowest BCUT2D eigenvalue weighted by atomic mass is 10.1. The molecular weight excluding hydrogens is 268 g/mol. The largest absolute Gasteiger partial charge is 0.497 e. The number of ketones is 1. The number of methoxy groups -OCH3 is 1. The molecule has 92 valence electrons. The normalized spacial score (nSPS) is 10.8. The second kappa shape index (κ2) is 5.85. The van der Waals surface area contributed by atoms with Gasteiger partial charge in [0.15, 0.2) is 5.78 Å². The van der Waals surface area contributed by atoms with E-state index in [-0.39, 0.29) is 5.78 Å². The molecule has 1 heterocycles. The second-order valence-corrected chi connectivity index (χ2v) is 5.32. The molecule has 2 rings (SSSR count). The summed E-state index contributed by atoms with van der Waals surface area (Å²) in [6.45, 7) is 0. The minimum absolute atomic E-state index is 0.0570. The van der Waals surface area contributed by atoms with Crippen LogP contribution in [0.4, 0.5) is 0 Å². The molecule has 0 saturated carbocycles. The van der Waals surface area contributed by atoms with E-state index in [0.29, 0.717) is 15.6 Å². The molecule has 2 aromatic rings.